The molecule has 1 saturated heterocycles. The molecular formula is C35H40ClN3O5S. The zero-order valence-corrected chi connectivity index (χ0v) is 28.4. The van der Waals surface area contributed by atoms with Crippen LogP contribution in [-0.4, -0.2) is 64.4 Å². The van der Waals surface area contributed by atoms with Gasteiger partial charge in [0.05, 0.1) is 15.8 Å². The van der Waals surface area contributed by atoms with Gasteiger partial charge < -0.3 is 24.4 Å². The molecule has 0 aliphatic carbocycles. The molecular weight excluding hydrogens is 610 g/mol. The standard InChI is InChI=1S/C35H40ClN3O5S/c1-21-19-26-30(28(22-11-13-24(36)14-12-22)27(21)29(32(40)41)43-34(2,3)4)45-31(37-26)23-9-8-10-25(20-23)38-15-17-39(18-16-38)33(42)44-35(5,6)7/h8-14,19-20,29H,15-18H2,1-7H3,(H,40,41)/t29-/m0/s1. The Hall–Kier alpha value is -3.66. The SMILES string of the molecule is Cc1cc2nc(-c3cccc(N4CCN(C(=O)OC(C)(C)C)CC4)c3)sc2c(-c2ccc(Cl)cc2)c1[C@H](OC(C)(C)C)C(=O)O. The Labute approximate surface area is 273 Å². The zero-order chi connectivity index (χ0) is 32.7. The van der Waals surface area contributed by atoms with E-state index in [1.54, 1.807) is 4.90 Å². The van der Waals surface area contributed by atoms with Gasteiger partial charge >= 0.3 is 12.1 Å². The Kier molecular flexibility index (Phi) is 9.18. The third-order valence-corrected chi connectivity index (χ3v) is 8.80. The van der Waals surface area contributed by atoms with Crippen molar-refractivity contribution in [3.63, 3.8) is 0 Å². The number of benzene rings is 3. The Morgan fingerprint density at radius 1 is 0.933 bits per heavy atom. The van der Waals surface area contributed by atoms with Gasteiger partial charge in [-0.15, -0.1) is 11.3 Å². The van der Waals surface area contributed by atoms with Gasteiger partial charge in [-0.25, -0.2) is 14.6 Å². The van der Waals surface area contributed by atoms with Crippen LogP contribution in [0.4, 0.5) is 10.5 Å². The molecule has 0 bridgehead atoms. The molecule has 1 N–H and O–H groups in total. The largest absolute Gasteiger partial charge is 0.479 e. The number of carbonyl (C=O) groups excluding carboxylic acids is 1. The lowest BCUT2D eigenvalue weighted by Gasteiger charge is -2.36. The van der Waals surface area contributed by atoms with Crippen LogP contribution in [0.5, 0.6) is 0 Å². The summed E-state index contributed by atoms with van der Waals surface area (Å²) < 4.78 is 12.6. The molecule has 4 aromatic rings. The van der Waals surface area contributed by atoms with E-state index < -0.39 is 23.3 Å². The highest BCUT2D eigenvalue weighted by Gasteiger charge is 2.32. The maximum atomic E-state index is 12.6. The Morgan fingerprint density at radius 3 is 2.20 bits per heavy atom. The van der Waals surface area contributed by atoms with E-state index in [1.807, 2.05) is 90.9 Å². The lowest BCUT2D eigenvalue weighted by molar-refractivity contribution is -0.160. The summed E-state index contributed by atoms with van der Waals surface area (Å²) in [6.45, 7) is 15.6. The van der Waals surface area contributed by atoms with Crippen molar-refractivity contribution in [1.29, 1.82) is 0 Å². The number of rotatable bonds is 6. The number of thiazole rings is 1. The highest BCUT2D eigenvalue weighted by Crippen LogP contribution is 2.44. The number of carboxylic acids is 1. The van der Waals surface area contributed by atoms with Crippen LogP contribution >= 0.6 is 22.9 Å². The predicted octanol–water partition coefficient (Wildman–Crippen LogP) is 8.59. The summed E-state index contributed by atoms with van der Waals surface area (Å²) in [4.78, 5) is 34.3. The van der Waals surface area contributed by atoms with Crippen molar-refractivity contribution in [2.45, 2.75) is 65.8 Å². The van der Waals surface area contributed by atoms with Gasteiger partial charge in [0.1, 0.15) is 10.6 Å². The van der Waals surface area contributed by atoms with E-state index in [1.165, 1.54) is 11.3 Å². The third-order valence-electron chi connectivity index (χ3n) is 7.41. The number of fused-ring (bicyclic) bond motifs is 1. The van der Waals surface area contributed by atoms with Gasteiger partial charge in [-0.1, -0.05) is 35.9 Å². The minimum atomic E-state index is -1.17. The summed E-state index contributed by atoms with van der Waals surface area (Å²) in [6, 6.07) is 17.6. The fourth-order valence-electron chi connectivity index (χ4n) is 5.47. The van der Waals surface area contributed by atoms with Crippen molar-refractivity contribution in [1.82, 2.24) is 9.88 Å². The van der Waals surface area contributed by atoms with E-state index in [0.29, 0.717) is 36.8 Å². The van der Waals surface area contributed by atoms with E-state index in [2.05, 4.69) is 17.0 Å². The number of piperazine rings is 1. The maximum absolute atomic E-state index is 12.6. The molecule has 45 heavy (non-hydrogen) atoms. The van der Waals surface area contributed by atoms with Crippen LogP contribution in [-0.2, 0) is 14.3 Å². The Morgan fingerprint density at radius 2 is 1.60 bits per heavy atom. The maximum Gasteiger partial charge on any atom is 0.410 e. The second-order valence-corrected chi connectivity index (χ2v) is 14.7. The summed E-state index contributed by atoms with van der Waals surface area (Å²) in [6.07, 6.45) is -1.46. The molecule has 1 fully saturated rings. The lowest BCUT2D eigenvalue weighted by atomic mass is 9.91. The minimum Gasteiger partial charge on any atom is -0.479 e. The number of carboxylic acid groups (broad SMARTS) is 1. The molecule has 10 heteroatoms. The van der Waals surface area contributed by atoms with E-state index in [4.69, 9.17) is 26.1 Å². The highest BCUT2D eigenvalue weighted by atomic mass is 35.5. The first-order valence-corrected chi connectivity index (χ1v) is 16.2. The third kappa shape index (κ3) is 7.60. The average Bonchev–Trinajstić information content (AvgIpc) is 3.38. The van der Waals surface area contributed by atoms with Crippen LogP contribution in [0.2, 0.25) is 5.02 Å². The van der Waals surface area contributed by atoms with Crippen LogP contribution in [0.25, 0.3) is 31.9 Å². The predicted molar refractivity (Wildman–Crippen MR) is 181 cm³/mol. The van der Waals surface area contributed by atoms with Crippen molar-refractivity contribution in [3.05, 3.63) is 70.7 Å². The summed E-state index contributed by atoms with van der Waals surface area (Å²) >= 11 is 7.77. The van der Waals surface area contributed by atoms with Crippen molar-refractivity contribution in [3.8, 4) is 21.7 Å². The van der Waals surface area contributed by atoms with E-state index in [-0.39, 0.29) is 6.09 Å². The topological polar surface area (TPSA) is 92.2 Å². The van der Waals surface area contributed by atoms with Gasteiger partial charge in [0.15, 0.2) is 6.10 Å². The van der Waals surface area contributed by atoms with E-state index in [9.17, 15) is 14.7 Å². The molecule has 0 unspecified atom stereocenters. The quantitative estimate of drug-likeness (QED) is 0.224. The van der Waals surface area contributed by atoms with Gasteiger partial charge in [0.2, 0.25) is 0 Å². The fraction of sp³-hybridized carbons (Fsp3) is 0.400. The number of aromatic nitrogens is 1. The van der Waals surface area contributed by atoms with Gasteiger partial charge in [-0.2, -0.15) is 0 Å². The number of amides is 1. The molecule has 3 aromatic carbocycles. The normalized spacial score (nSPS) is 14.9. The molecule has 238 valence electrons. The molecule has 0 radical (unpaired) electrons. The molecule has 2 heterocycles. The van der Waals surface area contributed by atoms with Crippen LogP contribution in [0, 0.1) is 6.92 Å². The highest BCUT2D eigenvalue weighted by molar-refractivity contribution is 7.22. The monoisotopic (exact) mass is 649 g/mol. The zero-order valence-electron chi connectivity index (χ0n) is 26.8. The number of aliphatic carboxylic acids is 1. The number of halogens is 1. The van der Waals surface area contributed by atoms with Gasteiger partial charge in [0.25, 0.3) is 0 Å². The first kappa shape index (κ1) is 32.7. The fourth-order valence-corrected chi connectivity index (χ4v) is 6.72. The summed E-state index contributed by atoms with van der Waals surface area (Å²) in [7, 11) is 0. The molecule has 5 rings (SSSR count). The number of hydrogen-bond acceptors (Lipinski definition) is 7. The average molecular weight is 650 g/mol. The molecule has 8 nitrogen and oxygen atoms in total. The number of ether oxygens (including phenoxy) is 2. The van der Waals surface area contributed by atoms with Crippen LogP contribution in [0.1, 0.15) is 58.8 Å². The van der Waals surface area contributed by atoms with Gasteiger partial charge in [-0.3, -0.25) is 0 Å². The molecule has 0 spiro atoms. The molecule has 0 saturated carbocycles. The number of aryl methyl sites for hydroxylation is 1. The molecule has 1 aliphatic rings. The molecule has 1 atom stereocenters. The summed E-state index contributed by atoms with van der Waals surface area (Å²) in [5, 5.41) is 11.8. The molecule has 1 aliphatic heterocycles. The van der Waals surface area contributed by atoms with Crippen LogP contribution in [0.3, 0.4) is 0 Å². The Bertz CT molecular complexity index is 1710. The smallest absolute Gasteiger partial charge is 0.410 e. The van der Waals surface area contributed by atoms with Crippen molar-refractivity contribution in [2.75, 3.05) is 31.1 Å². The minimum absolute atomic E-state index is 0.283. The first-order chi connectivity index (χ1) is 21.1. The number of nitrogens with zero attached hydrogens (tertiary/aromatic N) is 3. The van der Waals surface area contributed by atoms with Crippen LogP contribution in [0.15, 0.2) is 54.6 Å². The number of anilines is 1. The van der Waals surface area contributed by atoms with Crippen LogP contribution < -0.4 is 4.90 Å². The second-order valence-electron chi connectivity index (χ2n) is 13.3. The summed E-state index contributed by atoms with van der Waals surface area (Å²) in [5.74, 6) is -1.05. The molecule has 1 amide bonds. The lowest BCUT2D eigenvalue weighted by Crippen LogP contribution is -2.50. The van der Waals surface area contributed by atoms with Gasteiger partial charge in [0, 0.05) is 53.6 Å². The van der Waals surface area contributed by atoms with Crippen molar-refractivity contribution >= 4 is 50.9 Å². The Balaban J connectivity index is 1.53. The first-order valence-electron chi connectivity index (χ1n) is 15.0. The summed E-state index contributed by atoms with van der Waals surface area (Å²) in [5.41, 5.74) is 4.63. The second kappa shape index (κ2) is 12.6. The van der Waals surface area contributed by atoms with Crippen molar-refractivity contribution in [2.24, 2.45) is 0 Å². The van der Waals surface area contributed by atoms with E-state index in [0.717, 1.165) is 43.2 Å². The van der Waals surface area contributed by atoms with Crippen molar-refractivity contribution < 1.29 is 24.2 Å². The van der Waals surface area contributed by atoms with E-state index >= 15 is 0 Å². The molecule has 1 aromatic heterocycles. The number of carbonyl (C=O) groups is 2. The number of hydrogen-bond donors (Lipinski definition) is 1. The van der Waals surface area contributed by atoms with Gasteiger partial charge in [-0.05, 0) is 89.9 Å².